The Labute approximate surface area is 113 Å². The monoisotopic (exact) mass is 256 g/mol. The minimum atomic E-state index is 0.579. The Kier molecular flexibility index (Phi) is 3.60. The molecule has 2 heterocycles. The SMILES string of the molecule is CCN(CC1CCCN1)c1ncc2ccccc2n1. The minimum Gasteiger partial charge on any atom is -0.340 e. The molecule has 3 rings (SSSR count). The molecule has 0 radical (unpaired) electrons. The molecule has 0 saturated carbocycles. The van der Waals surface area contributed by atoms with Gasteiger partial charge in [-0.1, -0.05) is 18.2 Å². The average molecular weight is 256 g/mol. The maximum absolute atomic E-state index is 4.68. The van der Waals surface area contributed by atoms with Crippen molar-refractivity contribution in [2.24, 2.45) is 0 Å². The van der Waals surface area contributed by atoms with Gasteiger partial charge in [-0.05, 0) is 32.4 Å². The Morgan fingerprint density at radius 3 is 3.05 bits per heavy atom. The van der Waals surface area contributed by atoms with Gasteiger partial charge in [0.1, 0.15) is 0 Å². The van der Waals surface area contributed by atoms with E-state index in [1.54, 1.807) is 0 Å². The highest BCUT2D eigenvalue weighted by atomic mass is 15.3. The van der Waals surface area contributed by atoms with E-state index < -0.39 is 0 Å². The fourth-order valence-electron chi connectivity index (χ4n) is 2.65. The Balaban J connectivity index is 1.83. The van der Waals surface area contributed by atoms with Gasteiger partial charge in [-0.15, -0.1) is 0 Å². The minimum absolute atomic E-state index is 0.579. The van der Waals surface area contributed by atoms with E-state index in [2.05, 4.69) is 27.1 Å². The standard InChI is InChI=1S/C15H20N4/c1-2-19(11-13-7-5-9-16-13)15-17-10-12-6-3-4-8-14(12)18-15/h3-4,6,8,10,13,16H,2,5,7,9,11H2,1H3. The van der Waals surface area contributed by atoms with Crippen LogP contribution in [0, 0.1) is 0 Å². The Bertz CT molecular complexity index is 549. The molecule has 1 aromatic carbocycles. The van der Waals surface area contributed by atoms with E-state index in [1.165, 1.54) is 12.8 Å². The Morgan fingerprint density at radius 2 is 2.26 bits per heavy atom. The molecule has 4 heteroatoms. The quantitative estimate of drug-likeness (QED) is 0.910. The molecule has 2 aromatic rings. The second-order valence-electron chi connectivity index (χ2n) is 5.06. The molecule has 1 atom stereocenters. The highest BCUT2D eigenvalue weighted by molar-refractivity contribution is 5.78. The van der Waals surface area contributed by atoms with Crippen molar-refractivity contribution in [1.82, 2.24) is 15.3 Å². The zero-order valence-corrected chi connectivity index (χ0v) is 11.3. The van der Waals surface area contributed by atoms with Crippen molar-refractivity contribution < 1.29 is 0 Å². The van der Waals surface area contributed by atoms with E-state index in [-0.39, 0.29) is 0 Å². The van der Waals surface area contributed by atoms with Crippen LogP contribution < -0.4 is 10.2 Å². The van der Waals surface area contributed by atoms with Crippen LogP contribution in [0.4, 0.5) is 5.95 Å². The number of anilines is 1. The van der Waals surface area contributed by atoms with Crippen molar-refractivity contribution in [3.05, 3.63) is 30.5 Å². The van der Waals surface area contributed by atoms with Crippen molar-refractivity contribution in [3.8, 4) is 0 Å². The molecule has 1 N–H and O–H groups in total. The highest BCUT2D eigenvalue weighted by Gasteiger charge is 2.18. The number of hydrogen-bond acceptors (Lipinski definition) is 4. The van der Waals surface area contributed by atoms with Crippen LogP contribution in [0.2, 0.25) is 0 Å². The van der Waals surface area contributed by atoms with Crippen LogP contribution in [0.25, 0.3) is 10.9 Å². The molecule has 0 bridgehead atoms. The van der Waals surface area contributed by atoms with Crippen molar-refractivity contribution in [2.75, 3.05) is 24.5 Å². The topological polar surface area (TPSA) is 41.0 Å². The molecule has 0 aliphatic carbocycles. The van der Waals surface area contributed by atoms with Gasteiger partial charge in [0.2, 0.25) is 5.95 Å². The fraction of sp³-hybridized carbons (Fsp3) is 0.467. The smallest absolute Gasteiger partial charge is 0.225 e. The molecule has 0 spiro atoms. The van der Waals surface area contributed by atoms with Crippen molar-refractivity contribution in [3.63, 3.8) is 0 Å². The third-order valence-corrected chi connectivity index (χ3v) is 3.74. The van der Waals surface area contributed by atoms with Crippen molar-refractivity contribution >= 4 is 16.9 Å². The molecule has 19 heavy (non-hydrogen) atoms. The number of rotatable bonds is 4. The lowest BCUT2D eigenvalue weighted by Gasteiger charge is -2.24. The van der Waals surface area contributed by atoms with E-state index in [9.17, 15) is 0 Å². The molecule has 4 nitrogen and oxygen atoms in total. The van der Waals surface area contributed by atoms with Crippen LogP contribution in [0.1, 0.15) is 19.8 Å². The number of benzene rings is 1. The van der Waals surface area contributed by atoms with Crippen LogP contribution in [0.15, 0.2) is 30.5 Å². The summed E-state index contributed by atoms with van der Waals surface area (Å²) in [5.74, 6) is 0.843. The Hall–Kier alpha value is -1.68. The summed E-state index contributed by atoms with van der Waals surface area (Å²) >= 11 is 0. The molecular weight excluding hydrogens is 236 g/mol. The lowest BCUT2D eigenvalue weighted by atomic mass is 10.2. The number of fused-ring (bicyclic) bond motifs is 1. The zero-order chi connectivity index (χ0) is 13.1. The van der Waals surface area contributed by atoms with Gasteiger partial charge >= 0.3 is 0 Å². The van der Waals surface area contributed by atoms with Crippen molar-refractivity contribution in [2.45, 2.75) is 25.8 Å². The number of nitrogens with zero attached hydrogens (tertiary/aromatic N) is 3. The number of para-hydroxylation sites is 1. The summed E-state index contributed by atoms with van der Waals surface area (Å²) in [5, 5.41) is 4.63. The van der Waals surface area contributed by atoms with E-state index in [1.807, 2.05) is 30.5 Å². The van der Waals surface area contributed by atoms with Crippen LogP contribution >= 0.6 is 0 Å². The first-order valence-electron chi connectivity index (χ1n) is 7.07. The van der Waals surface area contributed by atoms with Crippen LogP contribution in [0.3, 0.4) is 0 Å². The summed E-state index contributed by atoms with van der Waals surface area (Å²) in [6.07, 6.45) is 4.45. The average Bonchev–Trinajstić information content (AvgIpc) is 2.97. The maximum Gasteiger partial charge on any atom is 0.225 e. The second kappa shape index (κ2) is 5.53. The molecule has 0 amide bonds. The van der Waals surface area contributed by atoms with Gasteiger partial charge < -0.3 is 10.2 Å². The molecule has 1 fully saturated rings. The van der Waals surface area contributed by atoms with Gasteiger partial charge in [-0.3, -0.25) is 0 Å². The third-order valence-electron chi connectivity index (χ3n) is 3.74. The molecule has 1 aliphatic heterocycles. The third kappa shape index (κ3) is 2.68. The lowest BCUT2D eigenvalue weighted by Crippen LogP contribution is -2.38. The summed E-state index contributed by atoms with van der Waals surface area (Å²) in [5.41, 5.74) is 1.02. The second-order valence-corrected chi connectivity index (χ2v) is 5.06. The predicted molar refractivity (Wildman–Crippen MR) is 78.4 cm³/mol. The van der Waals surface area contributed by atoms with Crippen LogP contribution in [0.5, 0.6) is 0 Å². The number of nitrogens with one attached hydrogen (secondary N) is 1. The predicted octanol–water partition coefficient (Wildman–Crippen LogP) is 2.21. The van der Waals surface area contributed by atoms with E-state index in [0.29, 0.717) is 6.04 Å². The first kappa shape index (κ1) is 12.4. The number of likely N-dealkylation sites (N-methyl/N-ethyl adjacent to an activating group) is 1. The molecule has 1 saturated heterocycles. The number of hydrogen-bond donors (Lipinski definition) is 1. The van der Waals surface area contributed by atoms with Gasteiger partial charge in [0.15, 0.2) is 0 Å². The van der Waals surface area contributed by atoms with Crippen molar-refractivity contribution in [1.29, 1.82) is 0 Å². The largest absolute Gasteiger partial charge is 0.340 e. The van der Waals surface area contributed by atoms with Crippen LogP contribution in [-0.2, 0) is 0 Å². The van der Waals surface area contributed by atoms with E-state index in [0.717, 1.165) is 36.5 Å². The summed E-state index contributed by atoms with van der Waals surface area (Å²) < 4.78 is 0. The van der Waals surface area contributed by atoms with Gasteiger partial charge in [0, 0.05) is 30.7 Å². The highest BCUT2D eigenvalue weighted by Crippen LogP contribution is 2.16. The molecular formula is C15H20N4. The summed E-state index contributed by atoms with van der Waals surface area (Å²) in [6.45, 7) is 5.24. The first-order chi connectivity index (χ1) is 9.36. The summed E-state index contributed by atoms with van der Waals surface area (Å²) in [6, 6.07) is 8.71. The normalized spacial score (nSPS) is 18.9. The summed E-state index contributed by atoms with van der Waals surface area (Å²) in [7, 11) is 0. The van der Waals surface area contributed by atoms with Gasteiger partial charge in [0.05, 0.1) is 5.52 Å². The van der Waals surface area contributed by atoms with Gasteiger partial charge in [-0.25, -0.2) is 9.97 Å². The van der Waals surface area contributed by atoms with E-state index >= 15 is 0 Å². The fourth-order valence-corrected chi connectivity index (χ4v) is 2.65. The Morgan fingerprint density at radius 1 is 1.37 bits per heavy atom. The lowest BCUT2D eigenvalue weighted by molar-refractivity contribution is 0.581. The number of aromatic nitrogens is 2. The molecule has 1 unspecified atom stereocenters. The first-order valence-corrected chi connectivity index (χ1v) is 7.07. The van der Waals surface area contributed by atoms with E-state index in [4.69, 9.17) is 0 Å². The molecule has 1 aliphatic rings. The zero-order valence-electron chi connectivity index (χ0n) is 11.3. The summed E-state index contributed by atoms with van der Waals surface area (Å²) in [4.78, 5) is 11.4. The molecule has 100 valence electrons. The van der Waals surface area contributed by atoms with Gasteiger partial charge in [-0.2, -0.15) is 0 Å². The van der Waals surface area contributed by atoms with Crippen LogP contribution in [-0.4, -0.2) is 35.6 Å². The maximum atomic E-state index is 4.68. The van der Waals surface area contributed by atoms with Gasteiger partial charge in [0.25, 0.3) is 0 Å². The molecule has 1 aromatic heterocycles.